The Hall–Kier alpha value is -2.92. The fraction of sp³-hybridized carbons (Fsp3) is 0.143. The zero-order valence-electron chi connectivity index (χ0n) is 14.6. The summed E-state index contributed by atoms with van der Waals surface area (Å²) in [6, 6.07) is 11.8. The van der Waals surface area contributed by atoms with E-state index in [0.29, 0.717) is 0 Å². The quantitative estimate of drug-likeness (QED) is 0.532. The summed E-state index contributed by atoms with van der Waals surface area (Å²) in [5.41, 5.74) is 5.88. The van der Waals surface area contributed by atoms with Gasteiger partial charge in [0.15, 0.2) is 0 Å². The van der Waals surface area contributed by atoms with Crippen molar-refractivity contribution in [1.29, 1.82) is 0 Å². The minimum atomic E-state index is -0.0621. The highest BCUT2D eigenvalue weighted by atomic mass is 32.1. The predicted octanol–water partition coefficient (Wildman–Crippen LogP) is 5.35. The Bertz CT molecular complexity index is 1060. The van der Waals surface area contributed by atoms with Crippen LogP contribution >= 0.6 is 11.3 Å². The van der Waals surface area contributed by atoms with E-state index >= 15 is 0 Å². The third-order valence-electron chi connectivity index (χ3n) is 4.54. The van der Waals surface area contributed by atoms with E-state index in [1.807, 2.05) is 42.6 Å². The lowest BCUT2D eigenvalue weighted by Gasteiger charge is -2.06. The summed E-state index contributed by atoms with van der Waals surface area (Å²) in [7, 11) is 0. The molecule has 0 unspecified atom stereocenters. The van der Waals surface area contributed by atoms with E-state index in [-0.39, 0.29) is 12.3 Å². The average Bonchev–Trinajstić information content (AvgIpc) is 3.29. The number of aryl methyl sites for hydroxylation is 2. The lowest BCUT2D eigenvalue weighted by Crippen LogP contribution is -2.14. The molecule has 0 saturated carbocycles. The molecule has 5 heteroatoms. The average molecular weight is 362 g/mol. The molecule has 0 bridgehead atoms. The topological polar surface area (TPSA) is 55.1 Å². The molecule has 0 saturated heterocycles. The van der Waals surface area contributed by atoms with Gasteiger partial charge in [-0.3, -0.25) is 4.79 Å². The molecule has 26 heavy (non-hydrogen) atoms. The summed E-state index contributed by atoms with van der Waals surface area (Å²) in [5, 5.41) is 6.87. The fourth-order valence-corrected chi connectivity index (χ4v) is 3.61. The second-order valence-corrected chi connectivity index (χ2v) is 7.18. The maximum Gasteiger partial charge on any atom is 0.228 e. The number of nitrogens with zero attached hydrogens (tertiary/aromatic N) is 1. The molecule has 0 spiro atoms. The van der Waals surface area contributed by atoms with E-state index in [1.165, 1.54) is 5.56 Å². The van der Waals surface area contributed by atoms with Crippen LogP contribution in [0.3, 0.4) is 0 Å². The highest BCUT2D eigenvalue weighted by Crippen LogP contribution is 2.27. The summed E-state index contributed by atoms with van der Waals surface area (Å²) in [4.78, 5) is 16.7. The Labute approximate surface area is 155 Å². The van der Waals surface area contributed by atoms with Crippen molar-refractivity contribution >= 4 is 33.9 Å². The van der Waals surface area contributed by atoms with E-state index in [4.69, 9.17) is 4.42 Å². The summed E-state index contributed by atoms with van der Waals surface area (Å²) in [5.74, 6) is -0.0621. The first-order valence-corrected chi connectivity index (χ1v) is 9.26. The van der Waals surface area contributed by atoms with E-state index < -0.39 is 0 Å². The van der Waals surface area contributed by atoms with Crippen molar-refractivity contribution < 1.29 is 9.21 Å². The van der Waals surface area contributed by atoms with Crippen molar-refractivity contribution in [1.82, 2.24) is 4.98 Å². The van der Waals surface area contributed by atoms with Gasteiger partial charge in [-0.05, 0) is 49.2 Å². The smallest absolute Gasteiger partial charge is 0.228 e. The first-order valence-electron chi connectivity index (χ1n) is 8.38. The van der Waals surface area contributed by atoms with Gasteiger partial charge < -0.3 is 9.73 Å². The number of anilines is 1. The molecule has 0 aliphatic heterocycles. The van der Waals surface area contributed by atoms with Crippen LogP contribution in [-0.2, 0) is 11.2 Å². The van der Waals surface area contributed by atoms with Crippen LogP contribution in [0.5, 0.6) is 0 Å². The number of fused-ring (bicyclic) bond motifs is 1. The molecule has 0 aliphatic carbocycles. The SMILES string of the molecule is Cc1ccc2c(CC(=O)Nc3ccc(-c4nccs4)cc3)coc2c1C. The molecule has 0 radical (unpaired) electrons. The highest BCUT2D eigenvalue weighted by Gasteiger charge is 2.13. The number of amides is 1. The zero-order chi connectivity index (χ0) is 18.1. The van der Waals surface area contributed by atoms with Gasteiger partial charge in [0, 0.05) is 33.8 Å². The van der Waals surface area contributed by atoms with Crippen LogP contribution in [-0.4, -0.2) is 10.9 Å². The molecule has 0 aliphatic rings. The number of hydrogen-bond donors (Lipinski definition) is 1. The van der Waals surface area contributed by atoms with Gasteiger partial charge in [0.25, 0.3) is 0 Å². The Morgan fingerprint density at radius 3 is 2.69 bits per heavy atom. The number of carbonyl (C=O) groups excluding carboxylic acids is 1. The maximum atomic E-state index is 12.4. The largest absolute Gasteiger partial charge is 0.464 e. The molecule has 2 aromatic carbocycles. The Morgan fingerprint density at radius 2 is 1.96 bits per heavy atom. The van der Waals surface area contributed by atoms with E-state index in [1.54, 1.807) is 23.8 Å². The van der Waals surface area contributed by atoms with Crippen molar-refractivity contribution in [2.24, 2.45) is 0 Å². The van der Waals surface area contributed by atoms with Crippen molar-refractivity contribution in [2.75, 3.05) is 5.32 Å². The number of benzene rings is 2. The highest BCUT2D eigenvalue weighted by molar-refractivity contribution is 7.13. The van der Waals surface area contributed by atoms with Crippen molar-refractivity contribution in [3.05, 3.63) is 70.9 Å². The number of rotatable bonds is 4. The first-order chi connectivity index (χ1) is 12.6. The lowest BCUT2D eigenvalue weighted by molar-refractivity contribution is -0.115. The van der Waals surface area contributed by atoms with Crippen molar-refractivity contribution in [3.63, 3.8) is 0 Å². The van der Waals surface area contributed by atoms with Gasteiger partial charge in [-0.25, -0.2) is 4.98 Å². The van der Waals surface area contributed by atoms with Crippen LogP contribution in [0.4, 0.5) is 5.69 Å². The van der Waals surface area contributed by atoms with Crippen LogP contribution in [0.15, 0.2) is 58.7 Å². The summed E-state index contributed by atoms with van der Waals surface area (Å²) in [6.07, 6.45) is 3.75. The maximum absolute atomic E-state index is 12.4. The fourth-order valence-electron chi connectivity index (χ4n) is 2.97. The first kappa shape index (κ1) is 16.5. The van der Waals surface area contributed by atoms with E-state index in [0.717, 1.165) is 38.4 Å². The Kier molecular flexibility index (Phi) is 4.31. The van der Waals surface area contributed by atoms with Crippen LogP contribution in [0.1, 0.15) is 16.7 Å². The molecule has 0 fully saturated rings. The molecule has 2 aromatic heterocycles. The molecule has 130 valence electrons. The van der Waals surface area contributed by atoms with Crippen LogP contribution in [0.25, 0.3) is 21.5 Å². The van der Waals surface area contributed by atoms with Gasteiger partial charge in [0.2, 0.25) is 5.91 Å². The monoisotopic (exact) mass is 362 g/mol. The van der Waals surface area contributed by atoms with Crippen LogP contribution < -0.4 is 5.32 Å². The van der Waals surface area contributed by atoms with Crippen molar-refractivity contribution in [2.45, 2.75) is 20.3 Å². The third kappa shape index (κ3) is 3.13. The molecule has 2 heterocycles. The molecule has 4 nitrogen and oxygen atoms in total. The number of furan rings is 1. The lowest BCUT2D eigenvalue weighted by atomic mass is 10.0. The molecule has 4 rings (SSSR count). The molecule has 1 N–H and O–H groups in total. The minimum Gasteiger partial charge on any atom is -0.464 e. The second-order valence-electron chi connectivity index (χ2n) is 6.28. The molecule has 1 amide bonds. The molecule has 0 atom stereocenters. The second kappa shape index (κ2) is 6.77. The normalized spacial score (nSPS) is 11.0. The Balaban J connectivity index is 1.48. The molecule has 4 aromatic rings. The van der Waals surface area contributed by atoms with Gasteiger partial charge in [-0.2, -0.15) is 0 Å². The number of thiazole rings is 1. The van der Waals surface area contributed by atoms with Crippen LogP contribution in [0.2, 0.25) is 0 Å². The molecular weight excluding hydrogens is 344 g/mol. The summed E-state index contributed by atoms with van der Waals surface area (Å²) in [6.45, 7) is 4.09. The number of hydrogen-bond acceptors (Lipinski definition) is 4. The number of aromatic nitrogens is 1. The standard InChI is InChI=1S/C21H18N2O2S/c1-13-3-8-18-16(12-25-20(18)14(13)2)11-19(24)23-17-6-4-15(5-7-17)21-22-9-10-26-21/h3-10,12H,11H2,1-2H3,(H,23,24). The van der Waals surface area contributed by atoms with Gasteiger partial charge in [-0.15, -0.1) is 11.3 Å². The number of nitrogens with one attached hydrogen (secondary N) is 1. The van der Waals surface area contributed by atoms with Gasteiger partial charge in [-0.1, -0.05) is 12.1 Å². The van der Waals surface area contributed by atoms with E-state index in [9.17, 15) is 4.79 Å². The Morgan fingerprint density at radius 1 is 1.15 bits per heavy atom. The summed E-state index contributed by atoms with van der Waals surface area (Å²) >= 11 is 1.59. The van der Waals surface area contributed by atoms with Gasteiger partial charge >= 0.3 is 0 Å². The van der Waals surface area contributed by atoms with Gasteiger partial charge in [0.1, 0.15) is 10.6 Å². The molecular formula is C21H18N2O2S. The minimum absolute atomic E-state index is 0.0621. The van der Waals surface area contributed by atoms with Crippen LogP contribution in [0, 0.1) is 13.8 Å². The zero-order valence-corrected chi connectivity index (χ0v) is 15.4. The predicted molar refractivity (Wildman–Crippen MR) is 106 cm³/mol. The van der Waals surface area contributed by atoms with Gasteiger partial charge in [0.05, 0.1) is 12.7 Å². The third-order valence-corrected chi connectivity index (χ3v) is 5.36. The number of carbonyl (C=O) groups is 1. The van der Waals surface area contributed by atoms with E-state index in [2.05, 4.69) is 23.3 Å². The summed E-state index contributed by atoms with van der Waals surface area (Å²) < 4.78 is 5.68. The van der Waals surface area contributed by atoms with Crippen molar-refractivity contribution in [3.8, 4) is 10.6 Å².